The Morgan fingerprint density at radius 1 is 0.591 bits per heavy atom. The molecule has 0 saturated carbocycles. The van der Waals surface area contributed by atoms with E-state index in [0.29, 0.717) is 23.5 Å². The maximum Gasteiger partial charge on any atom is 0.344 e. The number of rotatable bonds is 21. The number of hydrogen-bond acceptors (Lipinski definition) is 5. The van der Waals surface area contributed by atoms with Crippen LogP contribution in [0.15, 0.2) is 72.8 Å². The van der Waals surface area contributed by atoms with Gasteiger partial charge in [-0.05, 0) is 79.8 Å². The Hall–Kier alpha value is -3.60. The van der Waals surface area contributed by atoms with E-state index >= 15 is 0 Å². The van der Waals surface area contributed by atoms with Gasteiger partial charge in [-0.3, -0.25) is 4.79 Å². The second-order valence-corrected chi connectivity index (χ2v) is 11.8. The van der Waals surface area contributed by atoms with Crippen LogP contribution in [0.5, 0.6) is 17.2 Å². The monoisotopic (exact) mass is 600 g/mol. The van der Waals surface area contributed by atoms with Crippen LogP contribution in [0.1, 0.15) is 127 Å². The Kier molecular flexibility index (Phi) is 16.2. The Labute approximate surface area is 265 Å². The molecule has 0 aliphatic carbocycles. The molecule has 5 heteroatoms. The fraction of sp³-hybridized carbons (Fsp3) is 0.487. The van der Waals surface area contributed by atoms with Crippen molar-refractivity contribution in [3.63, 3.8) is 0 Å². The normalized spacial score (nSPS) is 11.6. The molecule has 1 atom stereocenters. The fourth-order valence-electron chi connectivity index (χ4n) is 5.28. The van der Waals surface area contributed by atoms with Gasteiger partial charge in [-0.1, -0.05) is 115 Å². The first-order valence-corrected chi connectivity index (χ1v) is 16.9. The number of carbonyl (C=O) groups excluding carboxylic acids is 2. The standard InChI is InChI=1S/C39H52O5/c1-4-6-8-10-12-14-16-22-38(40)43-34-25-23-32(24-26-34)36-20-17-18-21-37(36)39(41)44-35-29-27-33(28-30-35)42-31(3)19-15-13-11-9-7-5-2/h17-18,20-21,23-31H,4-16,19,22H2,1-3H3. The van der Waals surface area contributed by atoms with Crippen LogP contribution < -0.4 is 14.2 Å². The van der Waals surface area contributed by atoms with Gasteiger partial charge in [0.1, 0.15) is 17.2 Å². The van der Waals surface area contributed by atoms with Crippen LogP contribution in [0.2, 0.25) is 0 Å². The summed E-state index contributed by atoms with van der Waals surface area (Å²) in [5.74, 6) is 1.09. The third-order valence-corrected chi connectivity index (χ3v) is 7.86. The molecule has 0 saturated heterocycles. The average molecular weight is 601 g/mol. The van der Waals surface area contributed by atoms with E-state index in [2.05, 4.69) is 20.8 Å². The summed E-state index contributed by atoms with van der Waals surface area (Å²) in [6.45, 7) is 6.55. The van der Waals surface area contributed by atoms with Crippen molar-refractivity contribution in [2.45, 2.75) is 123 Å². The molecule has 0 N–H and O–H groups in total. The number of hydrogen-bond donors (Lipinski definition) is 0. The minimum Gasteiger partial charge on any atom is -0.491 e. The summed E-state index contributed by atoms with van der Waals surface area (Å²) in [7, 11) is 0. The van der Waals surface area contributed by atoms with E-state index in [4.69, 9.17) is 14.2 Å². The van der Waals surface area contributed by atoms with Gasteiger partial charge < -0.3 is 14.2 Å². The van der Waals surface area contributed by atoms with Crippen molar-refractivity contribution >= 4 is 11.9 Å². The number of ether oxygens (including phenoxy) is 3. The van der Waals surface area contributed by atoms with Gasteiger partial charge >= 0.3 is 11.9 Å². The number of esters is 2. The molecule has 0 aliphatic rings. The molecule has 1 unspecified atom stereocenters. The largest absolute Gasteiger partial charge is 0.491 e. The van der Waals surface area contributed by atoms with Crippen LogP contribution in [0.25, 0.3) is 11.1 Å². The molecule has 0 amide bonds. The van der Waals surface area contributed by atoms with Gasteiger partial charge in [-0.15, -0.1) is 0 Å². The van der Waals surface area contributed by atoms with Gasteiger partial charge in [-0.2, -0.15) is 0 Å². The summed E-state index contributed by atoms with van der Waals surface area (Å²) in [5.41, 5.74) is 2.05. The Balaban J connectivity index is 1.48. The zero-order valence-electron chi connectivity index (χ0n) is 27.2. The highest BCUT2D eigenvalue weighted by atomic mass is 16.5. The summed E-state index contributed by atoms with van der Waals surface area (Å²) in [6.07, 6.45) is 17.3. The zero-order valence-corrected chi connectivity index (χ0v) is 27.2. The topological polar surface area (TPSA) is 61.8 Å². The molecule has 0 aromatic heterocycles. The third kappa shape index (κ3) is 13.0. The van der Waals surface area contributed by atoms with Crippen molar-refractivity contribution in [2.24, 2.45) is 0 Å². The first-order chi connectivity index (χ1) is 21.5. The van der Waals surface area contributed by atoms with Crippen LogP contribution in [0, 0.1) is 0 Å². The molecule has 0 aliphatic heterocycles. The van der Waals surface area contributed by atoms with Crippen LogP contribution in [0.3, 0.4) is 0 Å². The fourth-order valence-corrected chi connectivity index (χ4v) is 5.28. The summed E-state index contributed by atoms with van der Waals surface area (Å²) in [5, 5.41) is 0. The molecule has 3 rings (SSSR count). The highest BCUT2D eigenvalue weighted by Crippen LogP contribution is 2.28. The first kappa shape index (κ1) is 34.9. The van der Waals surface area contributed by atoms with Gasteiger partial charge in [0.2, 0.25) is 0 Å². The number of carbonyl (C=O) groups is 2. The summed E-state index contributed by atoms with van der Waals surface area (Å²) < 4.78 is 17.3. The second kappa shape index (κ2) is 20.4. The summed E-state index contributed by atoms with van der Waals surface area (Å²) in [6, 6.07) is 21.9. The molecule has 0 radical (unpaired) electrons. The van der Waals surface area contributed by atoms with Crippen molar-refractivity contribution in [2.75, 3.05) is 0 Å². The molecular weight excluding hydrogens is 548 g/mol. The van der Waals surface area contributed by atoms with E-state index < -0.39 is 5.97 Å². The lowest BCUT2D eigenvalue weighted by molar-refractivity contribution is -0.134. The Morgan fingerprint density at radius 3 is 1.77 bits per heavy atom. The minimum absolute atomic E-state index is 0.140. The number of benzene rings is 3. The lowest BCUT2D eigenvalue weighted by Crippen LogP contribution is -2.12. The maximum atomic E-state index is 13.2. The number of unbranched alkanes of at least 4 members (excludes halogenated alkanes) is 11. The van der Waals surface area contributed by atoms with Gasteiger partial charge in [0.25, 0.3) is 0 Å². The molecular formula is C39H52O5. The van der Waals surface area contributed by atoms with Crippen molar-refractivity contribution in [3.05, 3.63) is 78.4 Å². The van der Waals surface area contributed by atoms with E-state index in [1.165, 1.54) is 70.6 Å². The predicted molar refractivity (Wildman–Crippen MR) is 180 cm³/mol. The SMILES string of the molecule is CCCCCCCCCC(=O)Oc1ccc(-c2ccccc2C(=O)Oc2ccc(OC(C)CCCCCCCC)cc2)cc1. The molecule has 238 valence electrons. The van der Waals surface area contributed by atoms with E-state index in [9.17, 15) is 9.59 Å². The van der Waals surface area contributed by atoms with Crippen LogP contribution in [-0.4, -0.2) is 18.0 Å². The highest BCUT2D eigenvalue weighted by Gasteiger charge is 2.16. The molecule has 0 heterocycles. The lowest BCUT2D eigenvalue weighted by atomic mass is 9.99. The predicted octanol–water partition coefficient (Wildman–Crippen LogP) is 11.1. The smallest absolute Gasteiger partial charge is 0.344 e. The van der Waals surface area contributed by atoms with Crippen LogP contribution in [0.4, 0.5) is 0 Å². The molecule has 0 fully saturated rings. The van der Waals surface area contributed by atoms with Gasteiger partial charge in [0.15, 0.2) is 0 Å². The quantitative estimate of drug-likeness (QED) is 0.0691. The van der Waals surface area contributed by atoms with Crippen LogP contribution >= 0.6 is 0 Å². The van der Waals surface area contributed by atoms with Crippen molar-refractivity contribution in [3.8, 4) is 28.4 Å². The van der Waals surface area contributed by atoms with E-state index in [1.807, 2.05) is 42.5 Å². The summed E-state index contributed by atoms with van der Waals surface area (Å²) >= 11 is 0. The highest BCUT2D eigenvalue weighted by molar-refractivity contribution is 5.98. The second-order valence-electron chi connectivity index (χ2n) is 11.8. The van der Waals surface area contributed by atoms with Crippen molar-refractivity contribution in [1.29, 1.82) is 0 Å². The van der Waals surface area contributed by atoms with E-state index in [0.717, 1.165) is 36.1 Å². The lowest BCUT2D eigenvalue weighted by Gasteiger charge is -2.15. The van der Waals surface area contributed by atoms with Gasteiger partial charge in [0.05, 0.1) is 11.7 Å². The van der Waals surface area contributed by atoms with E-state index in [-0.39, 0.29) is 12.1 Å². The van der Waals surface area contributed by atoms with Crippen LogP contribution in [-0.2, 0) is 4.79 Å². The Morgan fingerprint density at radius 2 is 1.11 bits per heavy atom. The molecule has 0 spiro atoms. The molecule has 44 heavy (non-hydrogen) atoms. The van der Waals surface area contributed by atoms with Crippen molar-refractivity contribution < 1.29 is 23.8 Å². The van der Waals surface area contributed by atoms with Crippen molar-refractivity contribution in [1.82, 2.24) is 0 Å². The van der Waals surface area contributed by atoms with E-state index in [1.54, 1.807) is 30.3 Å². The third-order valence-electron chi connectivity index (χ3n) is 7.86. The molecule has 5 nitrogen and oxygen atoms in total. The first-order valence-electron chi connectivity index (χ1n) is 16.9. The minimum atomic E-state index is -0.434. The molecule has 3 aromatic rings. The van der Waals surface area contributed by atoms with Gasteiger partial charge in [0, 0.05) is 6.42 Å². The Bertz CT molecular complexity index is 1230. The summed E-state index contributed by atoms with van der Waals surface area (Å²) in [4.78, 5) is 25.5. The maximum absolute atomic E-state index is 13.2. The molecule has 0 bridgehead atoms. The zero-order chi connectivity index (χ0) is 31.4. The molecule has 3 aromatic carbocycles. The average Bonchev–Trinajstić information content (AvgIpc) is 3.03. The van der Waals surface area contributed by atoms with Gasteiger partial charge in [-0.25, -0.2) is 4.79 Å².